The average molecular weight is 409 g/mol. The molecule has 1 amide bonds. The Kier molecular flexibility index (Phi) is 4.98. The zero-order valence-electron chi connectivity index (χ0n) is 15.7. The highest BCUT2D eigenvalue weighted by Crippen LogP contribution is 2.39. The SMILES string of the molecule is COc1cccc(N2C(=O)CS(=O)(=O)[C@@H]2c2ccc(Oc3ccccc3)cc2)c1. The molecule has 29 heavy (non-hydrogen) atoms. The van der Waals surface area contributed by atoms with E-state index >= 15 is 0 Å². The van der Waals surface area contributed by atoms with E-state index in [1.807, 2.05) is 30.3 Å². The van der Waals surface area contributed by atoms with Gasteiger partial charge in [0.15, 0.2) is 15.2 Å². The van der Waals surface area contributed by atoms with Gasteiger partial charge in [-0.05, 0) is 42.0 Å². The minimum Gasteiger partial charge on any atom is -0.497 e. The highest BCUT2D eigenvalue weighted by Gasteiger charge is 2.45. The molecule has 0 aliphatic carbocycles. The van der Waals surface area contributed by atoms with E-state index in [0.29, 0.717) is 28.5 Å². The zero-order chi connectivity index (χ0) is 20.4. The van der Waals surface area contributed by atoms with Crippen molar-refractivity contribution in [2.45, 2.75) is 5.37 Å². The monoisotopic (exact) mass is 409 g/mol. The highest BCUT2D eigenvalue weighted by atomic mass is 32.2. The van der Waals surface area contributed by atoms with Crippen LogP contribution in [0.25, 0.3) is 0 Å². The predicted molar refractivity (Wildman–Crippen MR) is 110 cm³/mol. The summed E-state index contributed by atoms with van der Waals surface area (Å²) < 4.78 is 36.5. The van der Waals surface area contributed by atoms with Crippen molar-refractivity contribution in [2.24, 2.45) is 0 Å². The Labute approximate surface area is 169 Å². The molecule has 1 heterocycles. The summed E-state index contributed by atoms with van der Waals surface area (Å²) >= 11 is 0. The summed E-state index contributed by atoms with van der Waals surface area (Å²) in [4.78, 5) is 13.9. The summed E-state index contributed by atoms with van der Waals surface area (Å²) in [5, 5.41) is -1.09. The maximum absolute atomic E-state index is 12.8. The van der Waals surface area contributed by atoms with Crippen LogP contribution in [0.3, 0.4) is 0 Å². The lowest BCUT2D eigenvalue weighted by atomic mass is 10.1. The maximum Gasteiger partial charge on any atom is 0.243 e. The molecular weight excluding hydrogens is 390 g/mol. The van der Waals surface area contributed by atoms with Gasteiger partial charge in [-0.3, -0.25) is 9.69 Å². The number of amides is 1. The first kappa shape index (κ1) is 19.0. The molecule has 0 bridgehead atoms. The standard InChI is InChI=1S/C22H19NO5S/c1-27-20-9-5-6-17(14-20)23-21(24)15-29(25,26)22(23)16-10-12-19(13-11-16)28-18-7-3-2-4-8-18/h2-14,22H,15H2,1H3/t22-/m1/s1. The van der Waals surface area contributed by atoms with Crippen LogP contribution in [0.2, 0.25) is 0 Å². The number of rotatable bonds is 5. The molecule has 0 unspecified atom stereocenters. The van der Waals surface area contributed by atoms with Crippen molar-refractivity contribution in [3.05, 3.63) is 84.4 Å². The lowest BCUT2D eigenvalue weighted by Crippen LogP contribution is -2.29. The van der Waals surface area contributed by atoms with Crippen molar-refractivity contribution in [3.63, 3.8) is 0 Å². The molecule has 1 fully saturated rings. The smallest absolute Gasteiger partial charge is 0.243 e. The van der Waals surface area contributed by atoms with Crippen LogP contribution < -0.4 is 14.4 Å². The molecule has 7 heteroatoms. The van der Waals surface area contributed by atoms with Crippen LogP contribution >= 0.6 is 0 Å². The van der Waals surface area contributed by atoms with Crippen LogP contribution in [-0.4, -0.2) is 27.2 Å². The molecule has 0 saturated carbocycles. The largest absolute Gasteiger partial charge is 0.497 e. The Balaban J connectivity index is 1.67. The van der Waals surface area contributed by atoms with E-state index in [2.05, 4.69) is 0 Å². The molecule has 0 spiro atoms. The van der Waals surface area contributed by atoms with Gasteiger partial charge >= 0.3 is 0 Å². The zero-order valence-corrected chi connectivity index (χ0v) is 16.5. The van der Waals surface area contributed by atoms with E-state index in [9.17, 15) is 13.2 Å². The molecule has 1 aliphatic rings. The Bertz CT molecular complexity index is 1130. The minimum absolute atomic E-state index is 0.465. The van der Waals surface area contributed by atoms with Gasteiger partial charge < -0.3 is 9.47 Å². The van der Waals surface area contributed by atoms with Gasteiger partial charge in [-0.25, -0.2) is 8.42 Å². The molecule has 0 N–H and O–H groups in total. The molecule has 3 aromatic rings. The molecular formula is C22H19NO5S. The number of methoxy groups -OCH3 is 1. The number of hydrogen-bond donors (Lipinski definition) is 0. The fourth-order valence-electron chi connectivity index (χ4n) is 3.33. The number of ether oxygens (including phenoxy) is 2. The first-order valence-electron chi connectivity index (χ1n) is 8.98. The van der Waals surface area contributed by atoms with Crippen LogP contribution in [0, 0.1) is 0 Å². The van der Waals surface area contributed by atoms with Crippen molar-refractivity contribution >= 4 is 21.4 Å². The first-order valence-corrected chi connectivity index (χ1v) is 10.7. The Morgan fingerprint density at radius 3 is 2.21 bits per heavy atom. The summed E-state index contributed by atoms with van der Waals surface area (Å²) in [6.07, 6.45) is 0. The van der Waals surface area contributed by atoms with Gasteiger partial charge in [-0.1, -0.05) is 36.4 Å². The van der Waals surface area contributed by atoms with Crippen LogP contribution in [0.4, 0.5) is 5.69 Å². The van der Waals surface area contributed by atoms with E-state index in [0.717, 1.165) is 0 Å². The first-order chi connectivity index (χ1) is 14.0. The lowest BCUT2D eigenvalue weighted by molar-refractivity contribution is -0.115. The van der Waals surface area contributed by atoms with Crippen molar-refractivity contribution < 1.29 is 22.7 Å². The highest BCUT2D eigenvalue weighted by molar-refractivity contribution is 7.93. The van der Waals surface area contributed by atoms with Crippen LogP contribution in [0.15, 0.2) is 78.9 Å². The fraction of sp³-hybridized carbons (Fsp3) is 0.136. The normalized spacial score (nSPS) is 17.9. The molecule has 0 aromatic heterocycles. The average Bonchev–Trinajstić information content (AvgIpc) is 2.97. The topological polar surface area (TPSA) is 72.9 Å². The maximum atomic E-state index is 12.8. The van der Waals surface area contributed by atoms with Crippen molar-refractivity contribution in [2.75, 3.05) is 17.8 Å². The van der Waals surface area contributed by atoms with Gasteiger partial charge in [0.1, 0.15) is 23.0 Å². The quantitative estimate of drug-likeness (QED) is 0.638. The Hall–Kier alpha value is -3.32. The van der Waals surface area contributed by atoms with Crippen LogP contribution in [0.1, 0.15) is 10.9 Å². The number of nitrogens with zero attached hydrogens (tertiary/aromatic N) is 1. The molecule has 4 rings (SSSR count). The number of carbonyl (C=O) groups is 1. The van der Waals surface area contributed by atoms with E-state index in [-0.39, 0.29) is 0 Å². The number of hydrogen-bond acceptors (Lipinski definition) is 5. The summed E-state index contributed by atoms with van der Waals surface area (Å²) in [5.74, 6) is 0.811. The van der Waals surface area contributed by atoms with E-state index in [1.54, 1.807) is 48.5 Å². The third-order valence-corrected chi connectivity index (χ3v) is 6.46. The van der Waals surface area contributed by atoms with Crippen LogP contribution in [-0.2, 0) is 14.6 Å². The summed E-state index contributed by atoms with van der Waals surface area (Å²) in [7, 11) is -2.16. The van der Waals surface area contributed by atoms with Crippen molar-refractivity contribution in [1.82, 2.24) is 0 Å². The molecule has 0 radical (unpaired) electrons. The Morgan fingerprint density at radius 1 is 0.862 bits per heavy atom. The number of anilines is 1. The molecule has 1 atom stereocenters. The van der Waals surface area contributed by atoms with Gasteiger partial charge in [0.25, 0.3) is 0 Å². The summed E-state index contributed by atoms with van der Waals surface area (Å²) in [6, 6.07) is 22.8. The van der Waals surface area contributed by atoms with Gasteiger partial charge in [-0.2, -0.15) is 0 Å². The second-order valence-electron chi connectivity index (χ2n) is 6.61. The Morgan fingerprint density at radius 2 is 1.52 bits per heavy atom. The van der Waals surface area contributed by atoms with Gasteiger partial charge in [0.2, 0.25) is 5.91 Å². The predicted octanol–water partition coefficient (Wildman–Crippen LogP) is 3.95. The van der Waals surface area contributed by atoms with Gasteiger partial charge in [-0.15, -0.1) is 0 Å². The second-order valence-corrected chi connectivity index (χ2v) is 8.67. The van der Waals surface area contributed by atoms with Crippen LogP contribution in [0.5, 0.6) is 17.2 Å². The fourth-order valence-corrected chi connectivity index (χ4v) is 5.11. The number of sulfone groups is 1. The molecule has 1 saturated heterocycles. The van der Waals surface area contributed by atoms with E-state index < -0.39 is 26.9 Å². The van der Waals surface area contributed by atoms with Crippen molar-refractivity contribution in [3.8, 4) is 17.2 Å². The number of para-hydroxylation sites is 1. The molecule has 3 aromatic carbocycles. The number of benzene rings is 3. The van der Waals surface area contributed by atoms with E-state index in [1.165, 1.54) is 12.0 Å². The summed E-state index contributed by atoms with van der Waals surface area (Å²) in [6.45, 7) is 0. The van der Waals surface area contributed by atoms with Gasteiger partial charge in [0, 0.05) is 11.8 Å². The van der Waals surface area contributed by atoms with E-state index in [4.69, 9.17) is 9.47 Å². The molecule has 148 valence electrons. The van der Waals surface area contributed by atoms with Gasteiger partial charge in [0.05, 0.1) is 7.11 Å². The lowest BCUT2D eigenvalue weighted by Gasteiger charge is -2.24. The third-order valence-electron chi connectivity index (χ3n) is 4.64. The minimum atomic E-state index is -3.68. The van der Waals surface area contributed by atoms with Crippen molar-refractivity contribution in [1.29, 1.82) is 0 Å². The third kappa shape index (κ3) is 3.82. The molecule has 6 nitrogen and oxygen atoms in total. The molecule has 1 aliphatic heterocycles. The summed E-state index contributed by atoms with van der Waals surface area (Å²) in [5.41, 5.74) is 0.976. The number of carbonyl (C=O) groups excluding carboxylic acids is 1. The second kappa shape index (κ2) is 7.60.